The molecule has 2 aromatic heterocycles. The summed E-state index contributed by atoms with van der Waals surface area (Å²) < 4.78 is 97.4. The Labute approximate surface area is 241 Å². The molecule has 3 heterocycles. The highest BCUT2D eigenvalue weighted by Crippen LogP contribution is 2.32. The van der Waals surface area contributed by atoms with E-state index in [4.69, 9.17) is 0 Å². The minimum Gasteiger partial charge on any atom is -0.465 e. The first-order valence-corrected chi connectivity index (χ1v) is 14.4. The van der Waals surface area contributed by atoms with E-state index in [1.54, 1.807) is 0 Å². The van der Waals surface area contributed by atoms with Gasteiger partial charge in [-0.05, 0) is 35.9 Å². The van der Waals surface area contributed by atoms with Gasteiger partial charge in [0.25, 0.3) is 6.43 Å². The Morgan fingerprint density at radius 1 is 1.07 bits per heavy atom. The fourth-order valence-electron chi connectivity index (χ4n) is 4.67. The Kier molecular flexibility index (Phi) is 8.30. The number of hydrogen-bond donors (Lipinski definition) is 3. The number of nitrogens with zero attached hydrogens (tertiary/aromatic N) is 4. The van der Waals surface area contributed by atoms with Gasteiger partial charge in [0.1, 0.15) is 28.8 Å². The summed E-state index contributed by atoms with van der Waals surface area (Å²) in [5.74, 6) is -2.20. The Morgan fingerprint density at radius 2 is 1.81 bits per heavy atom. The van der Waals surface area contributed by atoms with Gasteiger partial charge in [-0.25, -0.2) is 50.1 Å². The van der Waals surface area contributed by atoms with Crippen LogP contribution in [-0.2, 0) is 15.8 Å². The van der Waals surface area contributed by atoms with E-state index in [0.717, 1.165) is 41.4 Å². The number of piperidine rings is 1. The van der Waals surface area contributed by atoms with E-state index in [9.17, 15) is 40.3 Å². The standard InChI is InChI=1S/C27H23F5N6O4S/c28-16-4-1-14(2-5-16)13-43(41,42)37-21-6-3-15(7-20(21)30)22-9-19(25(31)32)24-23(35-22)10-33-26(36-24)34-18-8-17(29)11-38(12-18)27(39)40/h1-7,9-10,17-18,25,37H,8,11-13H2,(H,39,40)(H,33,34,36)/t17-,18-/m0/s1. The maximum absolute atomic E-state index is 15.0. The Balaban J connectivity index is 1.38. The lowest BCUT2D eigenvalue weighted by Gasteiger charge is -2.33. The van der Waals surface area contributed by atoms with Crippen molar-refractivity contribution in [1.82, 2.24) is 19.9 Å². The third-order valence-corrected chi connectivity index (χ3v) is 7.86. The number of likely N-dealkylation sites (tertiary alicyclic amines) is 1. The second kappa shape index (κ2) is 11.9. The Morgan fingerprint density at radius 3 is 2.49 bits per heavy atom. The van der Waals surface area contributed by atoms with Gasteiger partial charge in [-0.3, -0.25) is 4.72 Å². The van der Waals surface area contributed by atoms with Gasteiger partial charge in [0, 0.05) is 30.1 Å². The highest BCUT2D eigenvalue weighted by molar-refractivity contribution is 7.91. The van der Waals surface area contributed by atoms with E-state index in [-0.39, 0.29) is 59.0 Å². The molecule has 1 aliphatic heterocycles. The molecule has 0 bridgehead atoms. The number of anilines is 2. The summed E-state index contributed by atoms with van der Waals surface area (Å²) in [6.45, 7) is -0.336. The van der Waals surface area contributed by atoms with Crippen molar-refractivity contribution in [3.63, 3.8) is 0 Å². The second-order valence-electron chi connectivity index (χ2n) is 9.87. The molecule has 3 N–H and O–H groups in total. The van der Waals surface area contributed by atoms with Crippen LogP contribution in [0.5, 0.6) is 0 Å². The molecular formula is C27H23F5N6O4S. The summed E-state index contributed by atoms with van der Waals surface area (Å²) in [4.78, 5) is 24.6. The predicted octanol–water partition coefficient (Wildman–Crippen LogP) is 5.35. The number of alkyl halides is 3. The fourth-order valence-corrected chi connectivity index (χ4v) is 5.88. The molecule has 1 fully saturated rings. The van der Waals surface area contributed by atoms with Crippen molar-refractivity contribution in [1.29, 1.82) is 0 Å². The summed E-state index contributed by atoms with van der Waals surface area (Å²) in [7, 11) is -4.07. The van der Waals surface area contributed by atoms with Crippen LogP contribution < -0.4 is 10.0 Å². The summed E-state index contributed by atoms with van der Waals surface area (Å²) in [5, 5.41) is 12.0. The molecule has 0 saturated carbocycles. The quantitative estimate of drug-likeness (QED) is 0.224. The molecule has 4 aromatic rings. The summed E-state index contributed by atoms with van der Waals surface area (Å²) in [6, 6.07) is 8.42. The van der Waals surface area contributed by atoms with Crippen LogP contribution in [0.15, 0.2) is 54.7 Å². The van der Waals surface area contributed by atoms with Crippen LogP contribution in [0.4, 0.5) is 38.4 Å². The molecule has 1 aliphatic rings. The van der Waals surface area contributed by atoms with Crippen molar-refractivity contribution in [2.24, 2.45) is 0 Å². The third-order valence-electron chi connectivity index (χ3n) is 6.61. The first-order chi connectivity index (χ1) is 20.4. The number of rotatable bonds is 8. The molecule has 2 atom stereocenters. The zero-order chi connectivity index (χ0) is 30.9. The van der Waals surface area contributed by atoms with Crippen molar-refractivity contribution in [3.8, 4) is 11.3 Å². The van der Waals surface area contributed by atoms with Gasteiger partial charge < -0.3 is 15.3 Å². The first-order valence-electron chi connectivity index (χ1n) is 12.8. The van der Waals surface area contributed by atoms with E-state index in [2.05, 4.69) is 25.0 Å². The van der Waals surface area contributed by atoms with Crippen LogP contribution in [-0.4, -0.2) is 64.8 Å². The number of aromatic nitrogens is 3. The number of benzene rings is 2. The monoisotopic (exact) mass is 622 g/mol. The zero-order valence-corrected chi connectivity index (χ0v) is 22.8. The van der Waals surface area contributed by atoms with Gasteiger partial charge in [-0.15, -0.1) is 0 Å². The van der Waals surface area contributed by atoms with Crippen LogP contribution >= 0.6 is 0 Å². The van der Waals surface area contributed by atoms with Crippen molar-refractivity contribution in [2.45, 2.75) is 30.8 Å². The molecular weight excluding hydrogens is 599 g/mol. The van der Waals surface area contributed by atoms with E-state index >= 15 is 0 Å². The maximum atomic E-state index is 15.0. The van der Waals surface area contributed by atoms with Crippen LogP contribution in [0.3, 0.4) is 0 Å². The molecule has 10 nitrogen and oxygen atoms in total. The Bertz CT molecular complexity index is 1780. The molecule has 1 saturated heterocycles. The molecule has 2 aromatic carbocycles. The molecule has 226 valence electrons. The number of nitrogens with one attached hydrogen (secondary N) is 2. The average molecular weight is 623 g/mol. The molecule has 5 rings (SSSR count). The van der Waals surface area contributed by atoms with Crippen LogP contribution in [0, 0.1) is 11.6 Å². The number of amides is 1. The summed E-state index contributed by atoms with van der Waals surface area (Å²) >= 11 is 0. The zero-order valence-electron chi connectivity index (χ0n) is 22.0. The van der Waals surface area contributed by atoms with Crippen LogP contribution in [0.25, 0.3) is 22.3 Å². The first kappa shape index (κ1) is 29.9. The Hall–Kier alpha value is -4.60. The van der Waals surface area contributed by atoms with Crippen molar-refractivity contribution in [3.05, 3.63) is 77.5 Å². The lowest BCUT2D eigenvalue weighted by Crippen LogP contribution is -2.49. The molecule has 16 heteroatoms. The normalized spacial score (nSPS) is 17.3. The van der Waals surface area contributed by atoms with Gasteiger partial charge in [0.05, 0.1) is 29.9 Å². The molecule has 1 amide bonds. The van der Waals surface area contributed by atoms with E-state index in [1.165, 1.54) is 18.2 Å². The number of hydrogen-bond acceptors (Lipinski definition) is 7. The summed E-state index contributed by atoms with van der Waals surface area (Å²) in [5.41, 5.74) is -0.925. The largest absolute Gasteiger partial charge is 0.465 e. The summed E-state index contributed by atoms with van der Waals surface area (Å²) in [6.07, 6.45) is -4.63. The van der Waals surface area contributed by atoms with Crippen LogP contribution in [0.2, 0.25) is 0 Å². The molecule has 43 heavy (non-hydrogen) atoms. The number of halogens is 5. The number of carboxylic acid groups (broad SMARTS) is 1. The topological polar surface area (TPSA) is 137 Å². The van der Waals surface area contributed by atoms with Gasteiger partial charge in [0.15, 0.2) is 0 Å². The fraction of sp³-hybridized carbons (Fsp3) is 0.259. The van der Waals surface area contributed by atoms with Crippen molar-refractivity contribution in [2.75, 3.05) is 23.1 Å². The highest BCUT2D eigenvalue weighted by atomic mass is 32.2. The predicted molar refractivity (Wildman–Crippen MR) is 147 cm³/mol. The van der Waals surface area contributed by atoms with Crippen molar-refractivity contribution < 1.29 is 40.3 Å². The molecule has 0 aliphatic carbocycles. The number of fused-ring (bicyclic) bond motifs is 1. The maximum Gasteiger partial charge on any atom is 0.407 e. The number of sulfonamides is 1. The van der Waals surface area contributed by atoms with Gasteiger partial charge in [0.2, 0.25) is 16.0 Å². The minimum absolute atomic E-state index is 0.0337. The lowest BCUT2D eigenvalue weighted by molar-refractivity contribution is 0.102. The minimum atomic E-state index is -4.07. The number of carbonyl (C=O) groups is 1. The highest BCUT2D eigenvalue weighted by Gasteiger charge is 2.30. The van der Waals surface area contributed by atoms with Gasteiger partial charge in [-0.1, -0.05) is 18.2 Å². The van der Waals surface area contributed by atoms with Crippen LogP contribution in [0.1, 0.15) is 24.0 Å². The van der Waals surface area contributed by atoms with E-state index < -0.39 is 57.7 Å². The SMILES string of the molecule is O=C(O)N1C[C@@H](F)C[C@H](Nc2ncc3nc(-c4ccc(NS(=O)(=O)Cc5ccc(F)cc5)c(F)c4)cc(C(F)F)c3n2)C1. The molecule has 0 unspecified atom stereocenters. The van der Waals surface area contributed by atoms with E-state index in [1.807, 2.05) is 0 Å². The smallest absolute Gasteiger partial charge is 0.407 e. The average Bonchev–Trinajstić information content (AvgIpc) is 2.94. The molecule has 0 spiro atoms. The van der Waals surface area contributed by atoms with Crippen molar-refractivity contribution >= 4 is 38.8 Å². The number of pyridine rings is 1. The van der Waals surface area contributed by atoms with Gasteiger partial charge >= 0.3 is 6.09 Å². The molecule has 0 radical (unpaired) electrons. The second-order valence-corrected chi connectivity index (χ2v) is 11.6. The van der Waals surface area contributed by atoms with E-state index in [0.29, 0.717) is 0 Å². The van der Waals surface area contributed by atoms with Gasteiger partial charge in [-0.2, -0.15) is 0 Å². The lowest BCUT2D eigenvalue weighted by atomic mass is 10.0. The third kappa shape index (κ3) is 7.07.